The average Bonchev–Trinajstić information content (AvgIpc) is 0.767. The molecule has 560 valence electrons. The summed E-state index contributed by atoms with van der Waals surface area (Å²) < 4.78 is 87.1. The van der Waals surface area contributed by atoms with Gasteiger partial charge in [0.15, 0.2) is 43.8 Å². The van der Waals surface area contributed by atoms with Gasteiger partial charge in [0.2, 0.25) is 17.7 Å². The third-order valence-electron chi connectivity index (χ3n) is 15.9. The lowest BCUT2D eigenvalue weighted by atomic mass is 9.71. The van der Waals surface area contributed by atoms with Crippen LogP contribution in [0.4, 0.5) is 4.79 Å². The number of carbonyl (C=O) groups is 12. The van der Waals surface area contributed by atoms with Crippen LogP contribution in [0.1, 0.15) is 129 Å². The quantitative estimate of drug-likeness (QED) is 0.0184. The van der Waals surface area contributed by atoms with Crippen LogP contribution in [0, 0.1) is 37.0 Å². The summed E-state index contributed by atoms with van der Waals surface area (Å²) in [6.45, 7) is 8.00. The van der Waals surface area contributed by atoms with Crippen LogP contribution in [0.5, 0.6) is 17.2 Å². The maximum absolute atomic E-state index is 13.2. The Morgan fingerprint density at radius 2 is 0.606 bits per heavy atom. The highest BCUT2D eigenvalue weighted by molar-refractivity contribution is 5.84. The van der Waals surface area contributed by atoms with E-state index in [2.05, 4.69) is 33.7 Å². The number of terminal acetylenes is 3. The van der Waals surface area contributed by atoms with Crippen molar-refractivity contribution in [1.29, 1.82) is 0 Å². The van der Waals surface area contributed by atoms with Crippen LogP contribution in [-0.2, 0) is 120 Å². The summed E-state index contributed by atoms with van der Waals surface area (Å²) in [6, 6.07) is 19.0. The van der Waals surface area contributed by atoms with Gasteiger partial charge >= 0.3 is 53.9 Å². The Hall–Kier alpha value is -10.5. The molecular formula is C73H85N3O28. The van der Waals surface area contributed by atoms with Gasteiger partial charge in [0.05, 0.1) is 84.6 Å². The second-order valence-electron chi connectivity index (χ2n) is 25.8. The smallest absolute Gasteiger partial charge is 0.463 e. The van der Waals surface area contributed by atoms with E-state index in [9.17, 15) is 57.5 Å². The Morgan fingerprint density at radius 3 is 0.894 bits per heavy atom. The van der Waals surface area contributed by atoms with Crippen molar-refractivity contribution in [3.8, 4) is 54.3 Å². The zero-order valence-electron chi connectivity index (χ0n) is 58.9. The van der Waals surface area contributed by atoms with Crippen molar-refractivity contribution in [2.45, 2.75) is 152 Å². The van der Waals surface area contributed by atoms with Crippen molar-refractivity contribution in [1.82, 2.24) is 16.0 Å². The fraction of sp³-hybridized carbons (Fsp3) is 0.507. The van der Waals surface area contributed by atoms with E-state index >= 15 is 0 Å². The Bertz CT molecular complexity index is 3280. The summed E-state index contributed by atoms with van der Waals surface area (Å²) in [4.78, 5) is 153. The monoisotopic (exact) mass is 1450 g/mol. The van der Waals surface area contributed by atoms with Gasteiger partial charge in [-0.25, -0.2) is 9.59 Å². The standard InChI is InChI=1S/C73H85N3O28/c1-11-36-89-58(80)29-26-55(77)74-71(43-96-67(4,5)97-44-71)40-93-61(83)32-34-63(85)102-52-20-14-49(15-21-52)70(10,50-16-22-53(23-17-50)103-64(86)35-33-62(84)94-41-72(45-98-68(6,7)99-46-72)75-56(78)27-30-59(81)90-37-12-2)51-18-24-54(25-19-51)104-66(88)92-39-65(87)95-42-73(47-100-69(8,9)101-48-73)76-57(79)28-31-60(82)91-38-13-3/h1-3,14-25H,26-48H2,4-10H3,(H,74,77)(H,75,78)(H,76,79). The van der Waals surface area contributed by atoms with E-state index in [-0.39, 0.29) is 115 Å². The van der Waals surface area contributed by atoms with Crippen LogP contribution >= 0.6 is 0 Å². The summed E-state index contributed by atoms with van der Waals surface area (Å²) in [5.41, 5.74) is -3.38. The largest absolute Gasteiger partial charge is 0.514 e. The van der Waals surface area contributed by atoms with Gasteiger partial charge in [0.25, 0.3) is 0 Å². The van der Waals surface area contributed by atoms with Crippen molar-refractivity contribution < 1.29 is 133 Å². The van der Waals surface area contributed by atoms with Crippen LogP contribution < -0.4 is 30.2 Å². The van der Waals surface area contributed by atoms with Crippen molar-refractivity contribution >= 4 is 71.6 Å². The zero-order chi connectivity index (χ0) is 76.2. The van der Waals surface area contributed by atoms with Crippen LogP contribution in [0.15, 0.2) is 72.8 Å². The topological polar surface area (TPSA) is 389 Å². The van der Waals surface area contributed by atoms with Gasteiger partial charge in [-0.15, -0.1) is 19.3 Å². The molecule has 0 unspecified atom stereocenters. The van der Waals surface area contributed by atoms with Crippen molar-refractivity contribution in [3.63, 3.8) is 0 Å². The number of carbonyl (C=O) groups excluding carboxylic acids is 12. The minimum Gasteiger partial charge on any atom is -0.463 e. The molecule has 0 spiro atoms. The Labute approximate surface area is 600 Å². The summed E-state index contributed by atoms with van der Waals surface area (Å²) in [5.74, 6) is -4.49. The van der Waals surface area contributed by atoms with Gasteiger partial charge in [-0.1, -0.05) is 54.2 Å². The second kappa shape index (κ2) is 38.2. The van der Waals surface area contributed by atoms with Gasteiger partial charge in [0, 0.05) is 24.7 Å². The lowest BCUT2D eigenvalue weighted by Crippen LogP contribution is -2.63. The molecule has 3 N–H and O–H groups in total. The molecule has 3 fully saturated rings. The van der Waals surface area contributed by atoms with Crippen LogP contribution in [0.2, 0.25) is 0 Å². The molecule has 0 aromatic heterocycles. The minimum absolute atomic E-state index is 0.0168. The number of nitrogens with one attached hydrogen (secondary N) is 3. The Kier molecular flexibility index (Phi) is 30.3. The predicted octanol–water partition coefficient (Wildman–Crippen LogP) is 4.34. The van der Waals surface area contributed by atoms with E-state index in [1.54, 1.807) is 77.9 Å². The predicted molar refractivity (Wildman–Crippen MR) is 357 cm³/mol. The van der Waals surface area contributed by atoms with E-state index < -0.39 is 163 Å². The van der Waals surface area contributed by atoms with Crippen LogP contribution in [-0.4, -0.2) is 191 Å². The van der Waals surface area contributed by atoms with Crippen LogP contribution in [0.3, 0.4) is 0 Å². The van der Waals surface area contributed by atoms with E-state index in [0.717, 1.165) is 0 Å². The van der Waals surface area contributed by atoms with E-state index in [0.29, 0.717) is 16.7 Å². The number of esters is 8. The van der Waals surface area contributed by atoms with Gasteiger partial charge in [0.1, 0.15) is 53.7 Å². The van der Waals surface area contributed by atoms with Crippen molar-refractivity contribution in [3.05, 3.63) is 89.5 Å². The van der Waals surface area contributed by atoms with Crippen molar-refractivity contribution in [2.75, 3.05) is 85.9 Å². The molecule has 104 heavy (non-hydrogen) atoms. The third-order valence-corrected chi connectivity index (χ3v) is 15.9. The van der Waals surface area contributed by atoms with Gasteiger partial charge in [-0.2, -0.15) is 0 Å². The summed E-state index contributed by atoms with van der Waals surface area (Å²) in [5, 5.41) is 8.16. The molecule has 31 nitrogen and oxygen atoms in total. The lowest BCUT2D eigenvalue weighted by Gasteiger charge is -2.43. The molecule has 3 aliphatic rings. The maximum Gasteiger partial charge on any atom is 0.514 e. The molecule has 3 aromatic carbocycles. The van der Waals surface area contributed by atoms with Crippen molar-refractivity contribution in [2.24, 2.45) is 0 Å². The van der Waals surface area contributed by atoms with Gasteiger partial charge < -0.3 is 91.7 Å². The first-order valence-corrected chi connectivity index (χ1v) is 32.8. The number of hydrogen-bond donors (Lipinski definition) is 3. The van der Waals surface area contributed by atoms with E-state index in [4.69, 9.17) is 95.1 Å². The van der Waals surface area contributed by atoms with Gasteiger partial charge in [-0.3, -0.25) is 47.9 Å². The molecule has 3 aliphatic heterocycles. The van der Waals surface area contributed by atoms with E-state index in [1.807, 2.05) is 6.92 Å². The molecule has 3 saturated heterocycles. The molecule has 6 rings (SSSR count). The molecule has 0 aliphatic carbocycles. The molecule has 0 bridgehead atoms. The van der Waals surface area contributed by atoms with E-state index in [1.165, 1.54) is 36.4 Å². The highest BCUT2D eigenvalue weighted by Crippen LogP contribution is 2.41. The first-order chi connectivity index (χ1) is 49.2. The first kappa shape index (κ1) is 82.5. The maximum atomic E-state index is 13.2. The van der Waals surface area contributed by atoms with Gasteiger partial charge in [-0.05, 0) is 102 Å². The summed E-state index contributed by atoms with van der Waals surface area (Å²) in [7, 11) is 0. The summed E-state index contributed by atoms with van der Waals surface area (Å²) in [6.07, 6.45) is 10.8. The zero-order valence-corrected chi connectivity index (χ0v) is 58.9. The fourth-order valence-electron chi connectivity index (χ4n) is 9.93. The Balaban J connectivity index is 1.10. The minimum atomic E-state index is -1.39. The highest BCUT2D eigenvalue weighted by Gasteiger charge is 2.46. The fourth-order valence-corrected chi connectivity index (χ4v) is 9.93. The molecule has 0 atom stereocenters. The second-order valence-corrected chi connectivity index (χ2v) is 25.8. The number of hydrogen-bond acceptors (Lipinski definition) is 28. The normalized spacial score (nSPS) is 16.3. The number of benzene rings is 3. The SMILES string of the molecule is C#CCOC(=O)CCC(=O)NC1(COC(=O)CCC(=O)Oc2ccc(C(C)(c3ccc(OC(=O)CCC(=O)OCC4(NC(=O)CCC(=O)OCC#C)COC(C)(C)OC4)cc3)c3ccc(OC(=O)OCC(=O)OCC4(NC(=O)CCC(=O)OCC#C)COC(C)(C)OC4)cc3)cc2)COC(C)(C)OC1. The number of rotatable bonds is 35. The summed E-state index contributed by atoms with van der Waals surface area (Å²) >= 11 is 0. The highest BCUT2D eigenvalue weighted by atomic mass is 16.7. The molecule has 0 radical (unpaired) electrons. The number of ether oxygens (including phenoxy) is 16. The first-order valence-electron chi connectivity index (χ1n) is 32.8. The lowest BCUT2D eigenvalue weighted by molar-refractivity contribution is -0.275. The average molecular weight is 1450 g/mol. The molecule has 3 heterocycles. The third kappa shape index (κ3) is 27.1. The number of amides is 3. The van der Waals surface area contributed by atoms with Crippen LogP contribution in [0.25, 0.3) is 0 Å². The molecular weight excluding hydrogens is 1370 g/mol. The molecule has 3 amide bonds. The molecule has 0 saturated carbocycles. The molecule has 3 aromatic rings. The Morgan fingerprint density at radius 1 is 0.356 bits per heavy atom. The molecule has 31 heteroatoms.